The van der Waals surface area contributed by atoms with E-state index in [9.17, 15) is 4.39 Å². The highest BCUT2D eigenvalue weighted by Crippen LogP contribution is 2.28. The minimum atomic E-state index is -0.227. The number of rotatable bonds is 3. The zero-order valence-electron chi connectivity index (χ0n) is 12.8. The average molecular weight is 300 g/mol. The van der Waals surface area contributed by atoms with Crippen LogP contribution >= 0.6 is 0 Å². The molecule has 1 saturated heterocycles. The van der Waals surface area contributed by atoms with Crippen LogP contribution in [0.15, 0.2) is 36.4 Å². The summed E-state index contributed by atoms with van der Waals surface area (Å²) in [5.74, 6) is -0.227. The maximum atomic E-state index is 14.2. The average Bonchev–Trinajstić information content (AvgIpc) is 2.52. The summed E-state index contributed by atoms with van der Waals surface area (Å²) in [6, 6.07) is 11.2. The fourth-order valence-electron chi connectivity index (χ4n) is 2.77. The highest BCUT2D eigenvalue weighted by atomic mass is 19.1. The lowest BCUT2D eigenvalue weighted by Crippen LogP contribution is -2.35. The van der Waals surface area contributed by atoms with Gasteiger partial charge in [0.25, 0.3) is 0 Å². The normalized spacial score (nSPS) is 15.9. The van der Waals surface area contributed by atoms with Gasteiger partial charge in [-0.1, -0.05) is 18.2 Å². The number of anilines is 1. The fraction of sp³-hybridized carbons (Fsp3) is 0.333. The molecule has 116 valence electrons. The second kappa shape index (κ2) is 6.46. The number of nitrogens with zero attached hydrogens (tertiary/aromatic N) is 1. The fourth-order valence-corrected chi connectivity index (χ4v) is 2.77. The molecule has 3 rings (SSSR count). The number of morpholine rings is 1. The van der Waals surface area contributed by atoms with E-state index in [1.165, 1.54) is 11.6 Å². The minimum Gasteiger partial charge on any atom is -0.398 e. The Balaban J connectivity index is 1.86. The molecule has 3 nitrogen and oxygen atoms in total. The van der Waals surface area contributed by atoms with Gasteiger partial charge in [-0.3, -0.25) is 4.90 Å². The summed E-state index contributed by atoms with van der Waals surface area (Å²) in [5, 5.41) is 0. The molecule has 2 aromatic rings. The van der Waals surface area contributed by atoms with Gasteiger partial charge in [-0.25, -0.2) is 4.39 Å². The number of halogens is 1. The molecule has 1 heterocycles. The van der Waals surface area contributed by atoms with Crippen LogP contribution in [0.5, 0.6) is 0 Å². The zero-order valence-corrected chi connectivity index (χ0v) is 12.8. The Bertz CT molecular complexity index is 666. The van der Waals surface area contributed by atoms with Gasteiger partial charge < -0.3 is 10.5 Å². The summed E-state index contributed by atoms with van der Waals surface area (Å²) < 4.78 is 19.6. The first kappa shape index (κ1) is 15.0. The van der Waals surface area contributed by atoms with Crippen LogP contribution in [0, 0.1) is 12.7 Å². The molecule has 2 aromatic carbocycles. The number of benzene rings is 2. The lowest BCUT2D eigenvalue weighted by Gasteiger charge is -2.26. The lowest BCUT2D eigenvalue weighted by molar-refractivity contribution is 0.0342. The van der Waals surface area contributed by atoms with E-state index in [-0.39, 0.29) is 5.82 Å². The summed E-state index contributed by atoms with van der Waals surface area (Å²) >= 11 is 0. The number of nitrogen functional groups attached to an aromatic ring is 1. The molecule has 4 heteroatoms. The molecule has 0 saturated carbocycles. The van der Waals surface area contributed by atoms with Gasteiger partial charge in [0.2, 0.25) is 0 Å². The molecule has 0 atom stereocenters. The molecule has 22 heavy (non-hydrogen) atoms. The smallest absolute Gasteiger partial charge is 0.131 e. The molecule has 0 amide bonds. The van der Waals surface area contributed by atoms with E-state index < -0.39 is 0 Å². The van der Waals surface area contributed by atoms with Crippen molar-refractivity contribution in [2.45, 2.75) is 13.5 Å². The van der Waals surface area contributed by atoms with Gasteiger partial charge >= 0.3 is 0 Å². The van der Waals surface area contributed by atoms with E-state index in [2.05, 4.69) is 11.0 Å². The molecule has 0 radical (unpaired) electrons. The van der Waals surface area contributed by atoms with Crippen molar-refractivity contribution in [3.63, 3.8) is 0 Å². The van der Waals surface area contributed by atoms with Crippen molar-refractivity contribution >= 4 is 5.69 Å². The van der Waals surface area contributed by atoms with E-state index >= 15 is 0 Å². The largest absolute Gasteiger partial charge is 0.398 e. The number of hydrogen-bond donors (Lipinski definition) is 1. The van der Waals surface area contributed by atoms with Gasteiger partial charge in [0.05, 0.1) is 13.2 Å². The van der Waals surface area contributed by atoms with Gasteiger partial charge in [0.15, 0.2) is 0 Å². The van der Waals surface area contributed by atoms with E-state index in [1.807, 2.05) is 25.1 Å². The van der Waals surface area contributed by atoms with Crippen molar-refractivity contribution in [1.29, 1.82) is 0 Å². The Morgan fingerprint density at radius 1 is 1.18 bits per heavy atom. The predicted molar refractivity (Wildman–Crippen MR) is 87.1 cm³/mol. The molecule has 0 bridgehead atoms. The Labute approximate surface area is 130 Å². The van der Waals surface area contributed by atoms with Crippen molar-refractivity contribution in [2.75, 3.05) is 32.0 Å². The van der Waals surface area contributed by atoms with Crippen molar-refractivity contribution < 1.29 is 9.13 Å². The molecule has 1 aliphatic heterocycles. The third kappa shape index (κ3) is 3.29. The van der Waals surface area contributed by atoms with E-state index in [1.54, 1.807) is 6.07 Å². The highest BCUT2D eigenvalue weighted by Gasteiger charge is 2.12. The van der Waals surface area contributed by atoms with Gasteiger partial charge in [0.1, 0.15) is 5.82 Å². The number of aryl methyl sites for hydroxylation is 1. The zero-order chi connectivity index (χ0) is 15.5. The third-order valence-corrected chi connectivity index (χ3v) is 4.10. The van der Waals surface area contributed by atoms with Crippen LogP contribution in [0.4, 0.5) is 10.1 Å². The maximum absolute atomic E-state index is 14.2. The SMILES string of the molecule is Cc1cc(F)c(-c2cccc(CN3CCOCC3)c2)cc1N. The number of hydrogen-bond acceptors (Lipinski definition) is 3. The molecule has 1 fully saturated rings. The monoisotopic (exact) mass is 300 g/mol. The molecule has 0 unspecified atom stereocenters. The molecule has 0 aliphatic carbocycles. The first-order chi connectivity index (χ1) is 10.6. The highest BCUT2D eigenvalue weighted by molar-refractivity contribution is 5.70. The van der Waals surface area contributed by atoms with Crippen molar-refractivity contribution in [1.82, 2.24) is 4.90 Å². The molecule has 2 N–H and O–H groups in total. The van der Waals surface area contributed by atoms with Crippen molar-refractivity contribution in [3.05, 3.63) is 53.3 Å². The minimum absolute atomic E-state index is 0.227. The van der Waals surface area contributed by atoms with Crippen LogP contribution in [-0.4, -0.2) is 31.2 Å². The standard InChI is InChI=1S/C18H21FN2O/c1-13-9-17(19)16(11-18(13)20)15-4-2-3-14(10-15)12-21-5-7-22-8-6-21/h2-4,9-11H,5-8,12,20H2,1H3. The molecular formula is C18H21FN2O. The Kier molecular flexibility index (Phi) is 4.41. The predicted octanol–water partition coefficient (Wildman–Crippen LogP) is 3.22. The quantitative estimate of drug-likeness (QED) is 0.885. The Morgan fingerprint density at radius 3 is 2.73 bits per heavy atom. The van der Waals surface area contributed by atoms with Crippen LogP contribution in [0.1, 0.15) is 11.1 Å². The van der Waals surface area contributed by atoms with Crippen LogP contribution < -0.4 is 5.73 Å². The first-order valence-corrected chi connectivity index (χ1v) is 7.58. The van der Waals surface area contributed by atoms with Crippen molar-refractivity contribution in [3.8, 4) is 11.1 Å². The summed E-state index contributed by atoms with van der Waals surface area (Å²) in [6.45, 7) is 6.12. The number of nitrogens with two attached hydrogens (primary N) is 1. The first-order valence-electron chi connectivity index (χ1n) is 7.58. The molecule has 0 aromatic heterocycles. The molecule has 0 spiro atoms. The van der Waals surface area contributed by atoms with Gasteiger partial charge in [-0.05, 0) is 41.8 Å². The van der Waals surface area contributed by atoms with Gasteiger partial charge in [-0.15, -0.1) is 0 Å². The summed E-state index contributed by atoms with van der Waals surface area (Å²) in [7, 11) is 0. The van der Waals surface area contributed by atoms with Crippen LogP contribution in [0.2, 0.25) is 0 Å². The number of ether oxygens (including phenoxy) is 1. The van der Waals surface area contributed by atoms with E-state index in [0.717, 1.165) is 44.0 Å². The Morgan fingerprint density at radius 2 is 1.95 bits per heavy atom. The van der Waals surface area contributed by atoms with Crippen LogP contribution in [0.25, 0.3) is 11.1 Å². The lowest BCUT2D eigenvalue weighted by atomic mass is 10.00. The van der Waals surface area contributed by atoms with Gasteiger partial charge in [0, 0.05) is 30.9 Å². The Hall–Kier alpha value is -1.91. The molecule has 1 aliphatic rings. The van der Waals surface area contributed by atoms with E-state index in [4.69, 9.17) is 10.5 Å². The third-order valence-electron chi connectivity index (χ3n) is 4.10. The van der Waals surface area contributed by atoms with Crippen LogP contribution in [0.3, 0.4) is 0 Å². The summed E-state index contributed by atoms with van der Waals surface area (Å²) in [5.41, 5.74) is 9.93. The van der Waals surface area contributed by atoms with Crippen molar-refractivity contribution in [2.24, 2.45) is 0 Å². The second-order valence-corrected chi connectivity index (χ2v) is 5.78. The summed E-state index contributed by atoms with van der Waals surface area (Å²) in [4.78, 5) is 2.35. The van der Waals surface area contributed by atoms with Gasteiger partial charge in [-0.2, -0.15) is 0 Å². The topological polar surface area (TPSA) is 38.5 Å². The molecular weight excluding hydrogens is 279 g/mol. The van der Waals surface area contributed by atoms with Crippen LogP contribution in [-0.2, 0) is 11.3 Å². The second-order valence-electron chi connectivity index (χ2n) is 5.78. The maximum Gasteiger partial charge on any atom is 0.131 e. The summed E-state index contributed by atoms with van der Waals surface area (Å²) in [6.07, 6.45) is 0. The van der Waals surface area contributed by atoms with E-state index in [0.29, 0.717) is 11.3 Å².